The van der Waals surface area contributed by atoms with Gasteiger partial charge in [0.25, 0.3) is 5.91 Å². The van der Waals surface area contributed by atoms with E-state index < -0.39 is 0 Å². The zero-order chi connectivity index (χ0) is 13.5. The van der Waals surface area contributed by atoms with E-state index in [1.54, 1.807) is 6.21 Å². The van der Waals surface area contributed by atoms with Gasteiger partial charge in [-0.15, -0.1) is 0 Å². The Morgan fingerprint density at radius 2 is 2.28 bits per heavy atom. The first kappa shape index (κ1) is 14.7. The highest BCUT2D eigenvalue weighted by Crippen LogP contribution is 2.21. The molecule has 1 aromatic carbocycles. The molecule has 0 fully saturated rings. The van der Waals surface area contributed by atoms with Crippen molar-refractivity contribution in [3.05, 3.63) is 28.2 Å². The summed E-state index contributed by atoms with van der Waals surface area (Å²) >= 11 is 3.37. The molecule has 0 unspecified atom stereocenters. The molecular formula is C13H17BrN2O2. The molecule has 1 rings (SSSR count). The van der Waals surface area contributed by atoms with Crippen molar-refractivity contribution < 1.29 is 9.53 Å². The lowest BCUT2D eigenvalue weighted by atomic mass is 10.2. The second-order valence-electron chi connectivity index (χ2n) is 4.26. The molecule has 0 aliphatic heterocycles. The van der Waals surface area contributed by atoms with Crippen LogP contribution in [-0.2, 0) is 4.79 Å². The number of benzene rings is 1. The third kappa shape index (κ3) is 5.31. The van der Waals surface area contributed by atoms with Crippen LogP contribution < -0.4 is 10.2 Å². The highest BCUT2D eigenvalue weighted by Gasteiger charge is 2.04. The van der Waals surface area contributed by atoms with Crippen LogP contribution in [0.2, 0.25) is 0 Å². The van der Waals surface area contributed by atoms with Crippen LogP contribution in [-0.4, -0.2) is 18.7 Å². The van der Waals surface area contributed by atoms with Gasteiger partial charge in [-0.1, -0.05) is 29.8 Å². The number of amides is 1. The van der Waals surface area contributed by atoms with Crippen LogP contribution in [0.15, 0.2) is 27.8 Å². The first-order valence-electron chi connectivity index (χ1n) is 5.70. The fourth-order valence-electron chi connectivity index (χ4n) is 1.21. The number of ether oxygens (including phenoxy) is 1. The number of hydrazone groups is 1. The maximum Gasteiger partial charge on any atom is 0.277 e. The summed E-state index contributed by atoms with van der Waals surface area (Å²) in [7, 11) is 0. The maximum absolute atomic E-state index is 11.4. The number of hydrogen-bond acceptors (Lipinski definition) is 3. The quantitative estimate of drug-likeness (QED) is 0.671. The summed E-state index contributed by atoms with van der Waals surface area (Å²) in [6.45, 7) is 5.85. The van der Waals surface area contributed by atoms with Gasteiger partial charge in [0.15, 0.2) is 6.61 Å². The Bertz CT molecular complexity index is 445. The molecule has 0 aromatic heterocycles. The number of halogens is 1. The zero-order valence-electron chi connectivity index (χ0n) is 10.7. The van der Waals surface area contributed by atoms with E-state index >= 15 is 0 Å². The predicted molar refractivity (Wildman–Crippen MR) is 75.8 cm³/mol. The Kier molecular flexibility index (Phi) is 5.85. The van der Waals surface area contributed by atoms with Gasteiger partial charge in [0.05, 0.1) is 0 Å². The second kappa shape index (κ2) is 7.16. The Balaban J connectivity index is 2.43. The molecule has 5 heteroatoms. The third-order valence-corrected chi connectivity index (χ3v) is 2.55. The molecule has 4 nitrogen and oxygen atoms in total. The Hall–Kier alpha value is -1.36. The molecule has 98 valence electrons. The van der Waals surface area contributed by atoms with E-state index in [-0.39, 0.29) is 12.5 Å². The summed E-state index contributed by atoms with van der Waals surface area (Å²) in [5, 5.41) is 3.81. The molecule has 1 N–H and O–H groups in total. The summed E-state index contributed by atoms with van der Waals surface area (Å²) in [4.78, 5) is 11.4. The molecule has 0 saturated heterocycles. The van der Waals surface area contributed by atoms with E-state index in [2.05, 4.69) is 26.5 Å². The molecule has 0 spiro atoms. The molecule has 18 heavy (non-hydrogen) atoms. The van der Waals surface area contributed by atoms with Crippen molar-refractivity contribution in [1.82, 2.24) is 5.43 Å². The van der Waals surface area contributed by atoms with E-state index in [1.807, 2.05) is 39.0 Å². The molecule has 0 radical (unpaired) electrons. The predicted octanol–water partition coefficient (Wildman–Crippen LogP) is 2.89. The summed E-state index contributed by atoms with van der Waals surface area (Å²) < 4.78 is 6.39. The van der Waals surface area contributed by atoms with Crippen molar-refractivity contribution in [1.29, 1.82) is 0 Å². The SMILES string of the molecule is Cc1cc(Br)ccc1OCC(=O)NN=CC(C)C. The molecule has 0 bridgehead atoms. The van der Waals surface area contributed by atoms with Gasteiger partial charge in [-0.25, -0.2) is 5.43 Å². The molecule has 1 aromatic rings. The smallest absolute Gasteiger partial charge is 0.277 e. The molecule has 1 amide bonds. The molecule has 0 saturated carbocycles. The molecular weight excluding hydrogens is 296 g/mol. The number of nitrogens with one attached hydrogen (secondary N) is 1. The number of aryl methyl sites for hydroxylation is 1. The standard InChI is InChI=1S/C13H17BrN2O2/c1-9(2)7-15-16-13(17)8-18-12-5-4-11(14)6-10(12)3/h4-7,9H,8H2,1-3H3,(H,16,17). The molecule has 0 atom stereocenters. The average Bonchev–Trinajstić information content (AvgIpc) is 2.27. The van der Waals surface area contributed by atoms with E-state index in [9.17, 15) is 4.79 Å². The van der Waals surface area contributed by atoms with Gasteiger partial charge < -0.3 is 4.74 Å². The van der Waals surface area contributed by atoms with Gasteiger partial charge in [-0.3, -0.25) is 4.79 Å². The van der Waals surface area contributed by atoms with Crippen molar-refractivity contribution in [3.63, 3.8) is 0 Å². The van der Waals surface area contributed by atoms with Crippen molar-refractivity contribution >= 4 is 28.1 Å². The van der Waals surface area contributed by atoms with Crippen molar-refractivity contribution in [2.45, 2.75) is 20.8 Å². The lowest BCUT2D eigenvalue weighted by Crippen LogP contribution is -2.25. The van der Waals surface area contributed by atoms with Gasteiger partial charge in [0, 0.05) is 10.7 Å². The Labute approximate surface area is 116 Å². The monoisotopic (exact) mass is 312 g/mol. The lowest BCUT2D eigenvalue weighted by Gasteiger charge is -2.08. The summed E-state index contributed by atoms with van der Waals surface area (Å²) in [5.41, 5.74) is 3.39. The number of carbonyl (C=O) groups excluding carboxylic acids is 1. The maximum atomic E-state index is 11.4. The zero-order valence-corrected chi connectivity index (χ0v) is 12.3. The van der Waals surface area contributed by atoms with Crippen LogP contribution in [0.3, 0.4) is 0 Å². The summed E-state index contributed by atoms with van der Waals surface area (Å²) in [6, 6.07) is 5.63. The minimum atomic E-state index is -0.269. The number of nitrogens with zero attached hydrogens (tertiary/aromatic N) is 1. The Morgan fingerprint density at radius 1 is 1.56 bits per heavy atom. The van der Waals surface area contributed by atoms with E-state index in [1.165, 1.54) is 0 Å². The second-order valence-corrected chi connectivity index (χ2v) is 5.17. The summed E-state index contributed by atoms with van der Waals surface area (Å²) in [6.07, 6.45) is 1.67. The van der Waals surface area contributed by atoms with Gasteiger partial charge in [0.1, 0.15) is 5.75 Å². The van der Waals surface area contributed by atoms with E-state index in [0.717, 1.165) is 10.0 Å². The molecule has 0 heterocycles. The average molecular weight is 313 g/mol. The highest BCUT2D eigenvalue weighted by molar-refractivity contribution is 9.10. The minimum absolute atomic E-state index is 0.0437. The van der Waals surface area contributed by atoms with Crippen molar-refractivity contribution in [3.8, 4) is 5.75 Å². The van der Waals surface area contributed by atoms with Crippen molar-refractivity contribution in [2.75, 3.05) is 6.61 Å². The van der Waals surface area contributed by atoms with E-state index in [0.29, 0.717) is 11.7 Å². The largest absolute Gasteiger partial charge is 0.483 e. The van der Waals surface area contributed by atoms with Gasteiger partial charge in [-0.05, 0) is 36.6 Å². The summed E-state index contributed by atoms with van der Waals surface area (Å²) in [5.74, 6) is 0.732. The van der Waals surface area contributed by atoms with Crippen LogP contribution in [0.25, 0.3) is 0 Å². The van der Waals surface area contributed by atoms with Crippen LogP contribution >= 0.6 is 15.9 Å². The van der Waals surface area contributed by atoms with Crippen LogP contribution in [0.1, 0.15) is 19.4 Å². The van der Waals surface area contributed by atoms with Gasteiger partial charge >= 0.3 is 0 Å². The van der Waals surface area contributed by atoms with Gasteiger partial charge in [-0.2, -0.15) is 5.10 Å². The molecule has 0 aliphatic rings. The minimum Gasteiger partial charge on any atom is -0.483 e. The van der Waals surface area contributed by atoms with Crippen molar-refractivity contribution in [2.24, 2.45) is 11.0 Å². The normalized spacial score (nSPS) is 10.9. The number of carbonyl (C=O) groups is 1. The number of hydrogen-bond donors (Lipinski definition) is 1. The highest BCUT2D eigenvalue weighted by atomic mass is 79.9. The first-order valence-corrected chi connectivity index (χ1v) is 6.49. The Morgan fingerprint density at radius 3 is 2.89 bits per heavy atom. The fraction of sp³-hybridized carbons (Fsp3) is 0.385. The number of rotatable bonds is 5. The van der Waals surface area contributed by atoms with E-state index in [4.69, 9.17) is 4.74 Å². The lowest BCUT2D eigenvalue weighted by molar-refractivity contribution is -0.123. The first-order chi connectivity index (χ1) is 8.49. The fourth-order valence-corrected chi connectivity index (χ4v) is 1.68. The molecule has 0 aliphatic carbocycles. The van der Waals surface area contributed by atoms with Crippen LogP contribution in [0, 0.1) is 12.8 Å². The van der Waals surface area contributed by atoms with Gasteiger partial charge in [0.2, 0.25) is 0 Å². The third-order valence-electron chi connectivity index (χ3n) is 2.06. The van der Waals surface area contributed by atoms with Crippen LogP contribution in [0.5, 0.6) is 5.75 Å². The van der Waals surface area contributed by atoms with Crippen LogP contribution in [0.4, 0.5) is 0 Å². The topological polar surface area (TPSA) is 50.7 Å².